The number of carbonyl (C=O) groups excluding carboxylic acids is 2. The van der Waals surface area contributed by atoms with Crippen LogP contribution in [0.2, 0.25) is 0 Å². The molecule has 1 saturated heterocycles. The number of hydrogen-bond acceptors (Lipinski definition) is 4. The molecule has 1 aromatic carbocycles. The van der Waals surface area contributed by atoms with Gasteiger partial charge in [0.15, 0.2) is 0 Å². The van der Waals surface area contributed by atoms with Crippen molar-refractivity contribution in [2.75, 3.05) is 49.6 Å². The van der Waals surface area contributed by atoms with Crippen molar-refractivity contribution in [2.24, 2.45) is 0 Å². The summed E-state index contributed by atoms with van der Waals surface area (Å²) in [6.45, 7) is 8.94. The highest BCUT2D eigenvalue weighted by Crippen LogP contribution is 2.39. The molecule has 27 heavy (non-hydrogen) atoms. The third-order valence-corrected chi connectivity index (χ3v) is 5.86. The number of hydrogen-bond donors (Lipinski definition) is 1. The molecule has 6 nitrogen and oxygen atoms in total. The Morgan fingerprint density at radius 1 is 1.22 bits per heavy atom. The summed E-state index contributed by atoms with van der Waals surface area (Å²) in [5.74, 6) is 0.0675. The maximum Gasteiger partial charge on any atom is 0.251 e. The highest BCUT2D eigenvalue weighted by atomic mass is 16.2. The van der Waals surface area contributed by atoms with Crippen LogP contribution < -0.4 is 15.1 Å². The van der Waals surface area contributed by atoms with Gasteiger partial charge in [-0.3, -0.25) is 9.59 Å². The van der Waals surface area contributed by atoms with Crippen LogP contribution in [0.15, 0.2) is 18.2 Å². The zero-order chi connectivity index (χ0) is 19.4. The molecule has 0 unspecified atom stereocenters. The van der Waals surface area contributed by atoms with Crippen LogP contribution in [0.3, 0.4) is 0 Å². The molecular weight excluding hydrogens is 340 g/mol. The van der Waals surface area contributed by atoms with Crippen LogP contribution >= 0.6 is 0 Å². The topological polar surface area (TPSA) is 55.9 Å². The van der Waals surface area contributed by atoms with Crippen LogP contribution in [0.4, 0.5) is 11.4 Å². The van der Waals surface area contributed by atoms with Crippen LogP contribution in [-0.4, -0.2) is 62.5 Å². The number of rotatable bonds is 7. The molecule has 0 spiro atoms. The Balaban J connectivity index is 1.66. The number of piperidine rings is 1. The van der Waals surface area contributed by atoms with Gasteiger partial charge in [0.2, 0.25) is 5.91 Å². The summed E-state index contributed by atoms with van der Waals surface area (Å²) in [6, 6.07) is 5.70. The lowest BCUT2D eigenvalue weighted by Gasteiger charge is -2.44. The molecule has 0 aliphatic carbocycles. The van der Waals surface area contributed by atoms with E-state index in [1.807, 2.05) is 25.2 Å². The van der Waals surface area contributed by atoms with Gasteiger partial charge in [-0.2, -0.15) is 0 Å². The molecule has 2 aliphatic rings. The van der Waals surface area contributed by atoms with Crippen molar-refractivity contribution in [3.05, 3.63) is 23.8 Å². The minimum Gasteiger partial charge on any atom is -0.358 e. The fraction of sp³-hybridized carbons (Fsp3) is 0.619. The fourth-order valence-corrected chi connectivity index (χ4v) is 4.14. The second kappa shape index (κ2) is 8.74. The Hall–Kier alpha value is -2.08. The quantitative estimate of drug-likeness (QED) is 0.747. The molecule has 0 bridgehead atoms. The molecule has 1 atom stereocenters. The molecule has 3 rings (SSSR count). The van der Waals surface area contributed by atoms with E-state index < -0.39 is 0 Å². The van der Waals surface area contributed by atoms with Gasteiger partial charge in [-0.05, 0) is 63.5 Å². The second-order valence-electron chi connectivity index (χ2n) is 7.44. The van der Waals surface area contributed by atoms with Crippen LogP contribution in [0.1, 0.15) is 49.9 Å². The van der Waals surface area contributed by atoms with E-state index in [9.17, 15) is 9.59 Å². The maximum atomic E-state index is 12.7. The predicted octanol–water partition coefficient (Wildman–Crippen LogP) is 2.48. The van der Waals surface area contributed by atoms with Crippen molar-refractivity contribution in [1.29, 1.82) is 0 Å². The van der Waals surface area contributed by atoms with Gasteiger partial charge in [-0.1, -0.05) is 13.8 Å². The average Bonchev–Trinajstić information content (AvgIpc) is 2.71. The van der Waals surface area contributed by atoms with E-state index in [0.717, 1.165) is 63.2 Å². The summed E-state index contributed by atoms with van der Waals surface area (Å²) >= 11 is 0. The smallest absolute Gasteiger partial charge is 0.251 e. The Bertz CT molecular complexity index is 687. The average molecular weight is 373 g/mol. The van der Waals surface area contributed by atoms with Gasteiger partial charge in [0.1, 0.15) is 6.04 Å². The van der Waals surface area contributed by atoms with Crippen LogP contribution in [0.5, 0.6) is 0 Å². The van der Waals surface area contributed by atoms with Gasteiger partial charge in [-0.15, -0.1) is 0 Å². The molecule has 2 amide bonds. The number of carbonyl (C=O) groups is 2. The zero-order valence-electron chi connectivity index (χ0n) is 16.8. The van der Waals surface area contributed by atoms with Gasteiger partial charge in [0, 0.05) is 25.7 Å². The summed E-state index contributed by atoms with van der Waals surface area (Å²) in [6.07, 6.45) is 4.06. The van der Waals surface area contributed by atoms with Gasteiger partial charge in [0.05, 0.1) is 11.4 Å². The normalized spacial score (nSPS) is 19.1. The van der Waals surface area contributed by atoms with E-state index in [1.165, 1.54) is 0 Å². The van der Waals surface area contributed by atoms with Crippen molar-refractivity contribution in [2.45, 2.75) is 45.6 Å². The Morgan fingerprint density at radius 3 is 2.74 bits per heavy atom. The summed E-state index contributed by atoms with van der Waals surface area (Å²) in [5, 5.41) is 3.01. The summed E-state index contributed by atoms with van der Waals surface area (Å²) in [4.78, 5) is 31.5. The molecule has 2 aliphatic heterocycles. The first kappa shape index (κ1) is 19.7. The Morgan fingerprint density at radius 2 is 2.00 bits per heavy atom. The fourth-order valence-electron chi connectivity index (χ4n) is 4.14. The first-order valence-corrected chi connectivity index (χ1v) is 10.3. The molecule has 148 valence electrons. The minimum atomic E-state index is -0.0704. The molecule has 1 N–H and O–H groups in total. The molecule has 0 aromatic heterocycles. The summed E-state index contributed by atoms with van der Waals surface area (Å²) in [5.41, 5.74) is 2.53. The minimum absolute atomic E-state index is 0.0454. The standard InChI is InChI=1S/C21H32N4O2/c1-4-24(5-2)13-8-12-22-20(26)16-10-11-17-19(15-16)23(3)21(27)18-9-6-7-14-25(17)18/h10-11,15,18H,4-9,12-14H2,1-3H3,(H,22,26)/t18-/m1/s1. The van der Waals surface area contributed by atoms with E-state index in [-0.39, 0.29) is 17.9 Å². The highest BCUT2D eigenvalue weighted by molar-refractivity contribution is 6.07. The van der Waals surface area contributed by atoms with Crippen LogP contribution in [0, 0.1) is 0 Å². The number of benzene rings is 1. The van der Waals surface area contributed by atoms with Crippen LogP contribution in [-0.2, 0) is 4.79 Å². The Kier molecular flexibility index (Phi) is 6.37. The van der Waals surface area contributed by atoms with Crippen molar-refractivity contribution in [3.8, 4) is 0 Å². The highest BCUT2D eigenvalue weighted by Gasteiger charge is 2.37. The van der Waals surface area contributed by atoms with E-state index in [2.05, 4.69) is 29.0 Å². The predicted molar refractivity (Wildman–Crippen MR) is 110 cm³/mol. The third kappa shape index (κ3) is 4.10. The molecule has 6 heteroatoms. The lowest BCUT2D eigenvalue weighted by molar-refractivity contribution is -0.120. The van der Waals surface area contributed by atoms with Gasteiger partial charge in [0.25, 0.3) is 5.91 Å². The van der Waals surface area contributed by atoms with Crippen molar-refractivity contribution < 1.29 is 9.59 Å². The summed E-state index contributed by atoms with van der Waals surface area (Å²) < 4.78 is 0. The van der Waals surface area contributed by atoms with E-state index in [4.69, 9.17) is 0 Å². The number of amides is 2. The zero-order valence-corrected chi connectivity index (χ0v) is 16.8. The van der Waals surface area contributed by atoms with E-state index >= 15 is 0 Å². The van der Waals surface area contributed by atoms with Crippen molar-refractivity contribution in [1.82, 2.24) is 10.2 Å². The van der Waals surface area contributed by atoms with E-state index in [1.54, 1.807) is 4.90 Å². The lowest BCUT2D eigenvalue weighted by Crippen LogP contribution is -2.54. The first-order valence-electron chi connectivity index (χ1n) is 10.3. The number of nitrogens with zero attached hydrogens (tertiary/aromatic N) is 3. The molecule has 0 saturated carbocycles. The number of nitrogens with one attached hydrogen (secondary N) is 1. The van der Waals surface area contributed by atoms with Crippen LogP contribution in [0.25, 0.3) is 0 Å². The van der Waals surface area contributed by atoms with Gasteiger partial charge in [-0.25, -0.2) is 0 Å². The lowest BCUT2D eigenvalue weighted by atomic mass is 9.96. The van der Waals surface area contributed by atoms with E-state index in [0.29, 0.717) is 12.1 Å². The second-order valence-corrected chi connectivity index (χ2v) is 7.44. The SMILES string of the molecule is CCN(CC)CCCNC(=O)c1ccc2c(c1)N(C)C(=O)[C@H]1CCCCN21. The van der Waals surface area contributed by atoms with Crippen molar-refractivity contribution in [3.63, 3.8) is 0 Å². The molecule has 1 aromatic rings. The Labute approximate surface area is 162 Å². The monoisotopic (exact) mass is 372 g/mol. The van der Waals surface area contributed by atoms with Crippen molar-refractivity contribution >= 4 is 23.2 Å². The molecule has 0 radical (unpaired) electrons. The maximum absolute atomic E-state index is 12.7. The number of anilines is 2. The summed E-state index contributed by atoms with van der Waals surface area (Å²) in [7, 11) is 1.82. The molecule has 1 fully saturated rings. The molecule has 2 heterocycles. The number of likely N-dealkylation sites (N-methyl/N-ethyl adjacent to an activating group) is 1. The van der Waals surface area contributed by atoms with Gasteiger partial charge < -0.3 is 20.0 Å². The van der Waals surface area contributed by atoms with Gasteiger partial charge >= 0.3 is 0 Å². The number of fused-ring (bicyclic) bond motifs is 3. The third-order valence-electron chi connectivity index (χ3n) is 5.86. The first-order chi connectivity index (χ1) is 13.1. The molecular formula is C21H32N4O2. The largest absolute Gasteiger partial charge is 0.358 e.